The topological polar surface area (TPSA) is 41.5 Å². The first-order valence-electron chi connectivity index (χ1n) is 5.86. The van der Waals surface area contributed by atoms with Crippen LogP contribution >= 0.6 is 0 Å². The van der Waals surface area contributed by atoms with Crippen molar-refractivity contribution in [3.8, 4) is 11.5 Å². The predicted molar refractivity (Wildman–Crippen MR) is 64.0 cm³/mol. The van der Waals surface area contributed by atoms with Gasteiger partial charge in [0.25, 0.3) is 0 Å². The molecule has 2 rings (SSSR count). The molecule has 0 atom stereocenters. The minimum Gasteiger partial charge on any atom is -0.504 e. The Balaban J connectivity index is 1.78. The number of nitrogens with one attached hydrogen (secondary N) is 1. The van der Waals surface area contributed by atoms with Crippen molar-refractivity contribution in [3.63, 3.8) is 0 Å². The normalized spacial score (nSPS) is 15.1. The Labute approximate surface area is 96.4 Å². The first-order valence-corrected chi connectivity index (χ1v) is 5.86. The van der Waals surface area contributed by atoms with E-state index in [0.29, 0.717) is 5.75 Å². The molecule has 1 saturated carbocycles. The molecule has 1 fully saturated rings. The quantitative estimate of drug-likeness (QED) is 0.721. The SMILES string of the molecule is COc1cc(CCNCC2CC2)ccc1O. The highest BCUT2D eigenvalue weighted by molar-refractivity contribution is 5.41. The van der Waals surface area contributed by atoms with Crippen LogP contribution in [0.2, 0.25) is 0 Å². The summed E-state index contributed by atoms with van der Waals surface area (Å²) in [5.41, 5.74) is 1.19. The van der Waals surface area contributed by atoms with Gasteiger partial charge in [0.15, 0.2) is 11.5 Å². The predicted octanol–water partition coefficient (Wildman–Crippen LogP) is 1.94. The van der Waals surface area contributed by atoms with Crippen molar-refractivity contribution >= 4 is 0 Å². The average Bonchev–Trinajstić information content (AvgIpc) is 3.10. The fourth-order valence-corrected chi connectivity index (χ4v) is 1.74. The third-order valence-electron chi connectivity index (χ3n) is 2.96. The second-order valence-electron chi connectivity index (χ2n) is 4.40. The molecule has 0 heterocycles. The number of methoxy groups -OCH3 is 1. The van der Waals surface area contributed by atoms with Gasteiger partial charge in [-0.3, -0.25) is 0 Å². The van der Waals surface area contributed by atoms with Gasteiger partial charge in [-0.2, -0.15) is 0 Å². The fourth-order valence-electron chi connectivity index (χ4n) is 1.74. The maximum Gasteiger partial charge on any atom is 0.160 e. The van der Waals surface area contributed by atoms with Crippen LogP contribution in [0.25, 0.3) is 0 Å². The Morgan fingerprint density at radius 1 is 1.44 bits per heavy atom. The number of ether oxygens (including phenoxy) is 1. The van der Waals surface area contributed by atoms with E-state index in [1.165, 1.54) is 18.4 Å². The molecule has 3 heteroatoms. The molecule has 1 aromatic carbocycles. The second-order valence-corrected chi connectivity index (χ2v) is 4.40. The van der Waals surface area contributed by atoms with Crippen LogP contribution in [0.15, 0.2) is 18.2 Å². The Kier molecular flexibility index (Phi) is 3.67. The number of benzene rings is 1. The van der Waals surface area contributed by atoms with Crippen LogP contribution in [0.3, 0.4) is 0 Å². The standard InChI is InChI=1S/C13H19NO2/c1-16-13-8-10(4-5-12(13)15)6-7-14-9-11-2-3-11/h4-5,8,11,14-15H,2-3,6-7,9H2,1H3. The number of rotatable bonds is 6. The summed E-state index contributed by atoms with van der Waals surface area (Å²) >= 11 is 0. The Bertz CT molecular complexity index is 348. The number of aromatic hydroxyl groups is 1. The Morgan fingerprint density at radius 2 is 2.25 bits per heavy atom. The van der Waals surface area contributed by atoms with Crippen molar-refractivity contribution in [1.82, 2.24) is 5.32 Å². The largest absolute Gasteiger partial charge is 0.504 e. The summed E-state index contributed by atoms with van der Waals surface area (Å²) in [5.74, 6) is 1.69. The summed E-state index contributed by atoms with van der Waals surface area (Å²) in [7, 11) is 1.57. The molecule has 0 aliphatic heterocycles. The molecule has 1 aromatic rings. The minimum absolute atomic E-state index is 0.206. The van der Waals surface area contributed by atoms with Gasteiger partial charge in [-0.05, 0) is 56.0 Å². The van der Waals surface area contributed by atoms with Gasteiger partial charge in [-0.1, -0.05) is 6.07 Å². The summed E-state index contributed by atoms with van der Waals surface area (Å²) in [4.78, 5) is 0. The van der Waals surface area contributed by atoms with Crippen LogP contribution < -0.4 is 10.1 Å². The van der Waals surface area contributed by atoms with E-state index >= 15 is 0 Å². The maximum atomic E-state index is 9.45. The van der Waals surface area contributed by atoms with Gasteiger partial charge in [-0.15, -0.1) is 0 Å². The van der Waals surface area contributed by atoms with Crippen LogP contribution in [0.5, 0.6) is 11.5 Å². The number of phenols is 1. The van der Waals surface area contributed by atoms with Gasteiger partial charge in [0, 0.05) is 0 Å². The lowest BCUT2D eigenvalue weighted by molar-refractivity contribution is 0.373. The summed E-state index contributed by atoms with van der Waals surface area (Å²) < 4.78 is 5.07. The molecule has 16 heavy (non-hydrogen) atoms. The molecule has 0 saturated heterocycles. The van der Waals surface area contributed by atoms with Crippen molar-refractivity contribution in [2.24, 2.45) is 5.92 Å². The third-order valence-corrected chi connectivity index (χ3v) is 2.96. The maximum absolute atomic E-state index is 9.45. The van der Waals surface area contributed by atoms with E-state index < -0.39 is 0 Å². The molecule has 0 aromatic heterocycles. The summed E-state index contributed by atoms with van der Waals surface area (Å²) in [6.07, 6.45) is 3.75. The first-order chi connectivity index (χ1) is 7.79. The lowest BCUT2D eigenvalue weighted by Crippen LogP contribution is -2.19. The van der Waals surface area contributed by atoms with Gasteiger partial charge < -0.3 is 15.2 Å². The van der Waals surface area contributed by atoms with Gasteiger partial charge in [0.1, 0.15) is 0 Å². The van der Waals surface area contributed by atoms with Crippen LogP contribution in [-0.4, -0.2) is 25.3 Å². The molecule has 3 nitrogen and oxygen atoms in total. The summed E-state index contributed by atoms with van der Waals surface area (Å²) in [5, 5.41) is 12.9. The van der Waals surface area contributed by atoms with Crippen molar-refractivity contribution < 1.29 is 9.84 Å². The van der Waals surface area contributed by atoms with E-state index in [9.17, 15) is 5.11 Å². The lowest BCUT2D eigenvalue weighted by Gasteiger charge is -2.07. The van der Waals surface area contributed by atoms with Gasteiger partial charge >= 0.3 is 0 Å². The Morgan fingerprint density at radius 3 is 2.94 bits per heavy atom. The van der Waals surface area contributed by atoms with Gasteiger partial charge in [0.2, 0.25) is 0 Å². The smallest absolute Gasteiger partial charge is 0.160 e. The second kappa shape index (κ2) is 5.21. The molecule has 1 aliphatic carbocycles. The summed E-state index contributed by atoms with van der Waals surface area (Å²) in [6.45, 7) is 2.14. The third kappa shape index (κ3) is 3.14. The molecule has 0 spiro atoms. The molecule has 88 valence electrons. The zero-order valence-electron chi connectivity index (χ0n) is 9.70. The van der Waals surface area contributed by atoms with Crippen LogP contribution in [-0.2, 0) is 6.42 Å². The van der Waals surface area contributed by atoms with E-state index in [4.69, 9.17) is 4.74 Å². The van der Waals surface area contributed by atoms with Crippen LogP contribution in [0.4, 0.5) is 0 Å². The number of hydrogen-bond acceptors (Lipinski definition) is 3. The molecule has 0 amide bonds. The van der Waals surface area contributed by atoms with Crippen molar-refractivity contribution in [3.05, 3.63) is 23.8 Å². The average molecular weight is 221 g/mol. The lowest BCUT2D eigenvalue weighted by atomic mass is 10.1. The zero-order valence-corrected chi connectivity index (χ0v) is 9.70. The van der Waals surface area contributed by atoms with Crippen molar-refractivity contribution in [2.45, 2.75) is 19.3 Å². The van der Waals surface area contributed by atoms with Crippen LogP contribution in [0.1, 0.15) is 18.4 Å². The number of hydrogen-bond donors (Lipinski definition) is 2. The van der Waals surface area contributed by atoms with Gasteiger partial charge in [-0.25, -0.2) is 0 Å². The molecular formula is C13H19NO2. The highest BCUT2D eigenvalue weighted by atomic mass is 16.5. The van der Waals surface area contributed by atoms with E-state index in [1.807, 2.05) is 12.1 Å². The molecule has 1 aliphatic rings. The Hall–Kier alpha value is -1.22. The van der Waals surface area contributed by atoms with Crippen molar-refractivity contribution in [1.29, 1.82) is 0 Å². The minimum atomic E-state index is 0.206. The molecule has 0 bridgehead atoms. The molecule has 2 N–H and O–H groups in total. The highest BCUT2D eigenvalue weighted by Crippen LogP contribution is 2.28. The molecular weight excluding hydrogens is 202 g/mol. The first kappa shape index (κ1) is 11.3. The monoisotopic (exact) mass is 221 g/mol. The highest BCUT2D eigenvalue weighted by Gasteiger charge is 2.19. The zero-order chi connectivity index (χ0) is 11.4. The molecule has 0 unspecified atom stereocenters. The van der Waals surface area contributed by atoms with E-state index in [1.54, 1.807) is 13.2 Å². The summed E-state index contributed by atoms with van der Waals surface area (Å²) in [6, 6.07) is 5.53. The van der Waals surface area contributed by atoms with Crippen molar-refractivity contribution in [2.75, 3.05) is 20.2 Å². The number of phenolic OH excluding ortho intramolecular Hbond substituents is 1. The molecule has 0 radical (unpaired) electrons. The van der Waals surface area contributed by atoms with E-state index in [0.717, 1.165) is 25.4 Å². The fraction of sp³-hybridized carbons (Fsp3) is 0.538. The van der Waals surface area contributed by atoms with Gasteiger partial charge in [0.05, 0.1) is 7.11 Å². The van der Waals surface area contributed by atoms with Crippen LogP contribution in [0, 0.1) is 5.92 Å². The van der Waals surface area contributed by atoms with E-state index in [2.05, 4.69) is 5.32 Å². The van der Waals surface area contributed by atoms with E-state index in [-0.39, 0.29) is 5.75 Å².